The molecule has 1 N–H and O–H groups in total. The van der Waals surface area contributed by atoms with Crippen LogP contribution >= 0.6 is 11.6 Å². The van der Waals surface area contributed by atoms with Crippen LogP contribution in [0.3, 0.4) is 0 Å². The normalized spacial score (nSPS) is 11.6. The molecule has 5 nitrogen and oxygen atoms in total. The number of ether oxygens (including phenoxy) is 1. The van der Waals surface area contributed by atoms with Gasteiger partial charge in [-0.3, -0.25) is 9.59 Å². The number of hydrogen-bond acceptors (Lipinski definition) is 3. The van der Waals surface area contributed by atoms with Crippen LogP contribution in [0.25, 0.3) is 0 Å². The molecule has 2 rings (SSSR count). The van der Waals surface area contributed by atoms with E-state index < -0.39 is 17.8 Å². The Morgan fingerprint density at radius 3 is 2.48 bits per heavy atom. The van der Waals surface area contributed by atoms with Crippen molar-refractivity contribution in [2.24, 2.45) is 0 Å². The lowest BCUT2D eigenvalue weighted by atomic mass is 10.1. The van der Waals surface area contributed by atoms with Crippen LogP contribution in [0, 0.1) is 5.82 Å². The Balaban J connectivity index is 2.22. The summed E-state index contributed by atoms with van der Waals surface area (Å²) in [6, 6.07) is 12.3. The van der Waals surface area contributed by atoms with Crippen molar-refractivity contribution in [1.82, 2.24) is 10.2 Å². The van der Waals surface area contributed by atoms with E-state index in [2.05, 4.69) is 5.32 Å². The number of rotatable bonds is 10. The molecule has 0 aliphatic carbocycles. The fourth-order valence-electron chi connectivity index (χ4n) is 2.88. The number of benzene rings is 2. The minimum absolute atomic E-state index is 0.0120. The minimum Gasteiger partial charge on any atom is -0.481 e. The first-order valence-corrected chi connectivity index (χ1v) is 10.0. The molecule has 1 atom stereocenters. The van der Waals surface area contributed by atoms with Gasteiger partial charge in [-0.2, -0.15) is 0 Å². The molecule has 0 bridgehead atoms. The number of halogens is 2. The summed E-state index contributed by atoms with van der Waals surface area (Å²) in [5.74, 6) is -1.22. The van der Waals surface area contributed by atoms with Gasteiger partial charge in [-0.25, -0.2) is 4.39 Å². The lowest BCUT2D eigenvalue weighted by Gasteiger charge is -2.30. The van der Waals surface area contributed by atoms with Crippen LogP contribution in [0.15, 0.2) is 48.5 Å². The van der Waals surface area contributed by atoms with Crippen molar-refractivity contribution in [3.8, 4) is 5.75 Å². The lowest BCUT2D eigenvalue weighted by molar-refractivity contribution is -0.143. The number of carbonyl (C=O) groups is 2. The zero-order valence-electron chi connectivity index (χ0n) is 16.7. The van der Waals surface area contributed by atoms with Gasteiger partial charge in [-0.15, -0.1) is 0 Å². The maximum Gasteiger partial charge on any atom is 0.261 e. The zero-order chi connectivity index (χ0) is 21.2. The molecule has 0 fully saturated rings. The van der Waals surface area contributed by atoms with Crippen LogP contribution in [0.1, 0.15) is 32.3 Å². The third-order valence-electron chi connectivity index (χ3n) is 4.42. The zero-order valence-corrected chi connectivity index (χ0v) is 17.4. The number of nitrogens with one attached hydrogen (secondary N) is 1. The lowest BCUT2D eigenvalue weighted by Crippen LogP contribution is -2.50. The summed E-state index contributed by atoms with van der Waals surface area (Å²) in [5.41, 5.74) is 0.718. The molecule has 156 valence electrons. The largest absolute Gasteiger partial charge is 0.481 e. The van der Waals surface area contributed by atoms with Crippen molar-refractivity contribution < 1.29 is 18.7 Å². The van der Waals surface area contributed by atoms with Crippen molar-refractivity contribution in [1.29, 1.82) is 0 Å². The summed E-state index contributed by atoms with van der Waals surface area (Å²) in [5, 5.41) is 3.34. The molecule has 1 unspecified atom stereocenters. The maximum absolute atomic E-state index is 13.8. The molecule has 0 radical (unpaired) electrons. The molecule has 0 heterocycles. The average molecular weight is 421 g/mol. The molecular formula is C22H26ClFN2O3. The van der Waals surface area contributed by atoms with E-state index in [1.165, 1.54) is 17.0 Å². The van der Waals surface area contributed by atoms with Gasteiger partial charge in [-0.1, -0.05) is 55.8 Å². The van der Waals surface area contributed by atoms with Crippen LogP contribution in [0.2, 0.25) is 5.02 Å². The Morgan fingerprint density at radius 2 is 1.83 bits per heavy atom. The Hall–Kier alpha value is -2.60. The predicted octanol–water partition coefficient (Wildman–Crippen LogP) is 4.19. The third kappa shape index (κ3) is 6.46. The number of nitrogens with zero attached hydrogens (tertiary/aromatic N) is 1. The molecule has 2 aromatic carbocycles. The third-order valence-corrected chi connectivity index (χ3v) is 4.79. The highest BCUT2D eigenvalue weighted by molar-refractivity contribution is 6.31. The van der Waals surface area contributed by atoms with Crippen LogP contribution in [-0.2, 0) is 16.1 Å². The van der Waals surface area contributed by atoms with Crippen molar-refractivity contribution in [3.63, 3.8) is 0 Å². The highest BCUT2D eigenvalue weighted by Gasteiger charge is 2.29. The predicted molar refractivity (Wildman–Crippen MR) is 111 cm³/mol. The van der Waals surface area contributed by atoms with Crippen molar-refractivity contribution in [2.45, 2.75) is 39.3 Å². The molecular weight excluding hydrogens is 395 g/mol. The standard InChI is InChI=1S/C22H26ClFN2O3/c1-3-13-25-22(28)19(4-2)26(14-16-9-5-6-10-17(16)23)21(27)15-29-20-12-8-7-11-18(20)24/h5-12,19H,3-4,13-15H2,1-2H3,(H,25,28). The van der Waals surface area contributed by atoms with Gasteiger partial charge >= 0.3 is 0 Å². The second-order valence-electron chi connectivity index (χ2n) is 6.55. The smallest absolute Gasteiger partial charge is 0.261 e. The number of para-hydroxylation sites is 1. The van der Waals surface area contributed by atoms with Gasteiger partial charge < -0.3 is 15.0 Å². The van der Waals surface area contributed by atoms with Crippen LogP contribution < -0.4 is 10.1 Å². The van der Waals surface area contributed by atoms with Crippen molar-refractivity contribution in [3.05, 3.63) is 64.9 Å². The second-order valence-corrected chi connectivity index (χ2v) is 6.95. The number of amides is 2. The van der Waals surface area contributed by atoms with E-state index in [9.17, 15) is 14.0 Å². The van der Waals surface area contributed by atoms with E-state index in [0.717, 1.165) is 12.0 Å². The summed E-state index contributed by atoms with van der Waals surface area (Å²) in [4.78, 5) is 27.1. The van der Waals surface area contributed by atoms with Gasteiger partial charge in [0, 0.05) is 18.1 Å². The van der Waals surface area contributed by atoms with Crippen LogP contribution in [0.4, 0.5) is 4.39 Å². The van der Waals surface area contributed by atoms with Crippen molar-refractivity contribution in [2.75, 3.05) is 13.2 Å². The molecule has 7 heteroatoms. The van der Waals surface area contributed by atoms with Gasteiger partial charge in [0.15, 0.2) is 18.2 Å². The Morgan fingerprint density at radius 1 is 1.14 bits per heavy atom. The quantitative estimate of drug-likeness (QED) is 0.627. The molecule has 0 spiro atoms. The summed E-state index contributed by atoms with van der Waals surface area (Å²) >= 11 is 6.26. The highest BCUT2D eigenvalue weighted by Crippen LogP contribution is 2.21. The summed E-state index contributed by atoms with van der Waals surface area (Å²) < 4.78 is 19.2. The van der Waals surface area contributed by atoms with Crippen LogP contribution in [0.5, 0.6) is 5.75 Å². The first-order chi connectivity index (χ1) is 14.0. The van der Waals surface area contributed by atoms with Gasteiger partial charge in [0.1, 0.15) is 6.04 Å². The van der Waals surface area contributed by atoms with E-state index in [1.807, 2.05) is 19.9 Å². The van der Waals surface area contributed by atoms with E-state index in [0.29, 0.717) is 18.0 Å². The molecule has 0 saturated carbocycles. The molecule has 0 saturated heterocycles. The Bertz CT molecular complexity index is 831. The fraction of sp³-hybridized carbons (Fsp3) is 0.364. The topological polar surface area (TPSA) is 58.6 Å². The van der Waals surface area contributed by atoms with E-state index >= 15 is 0 Å². The van der Waals surface area contributed by atoms with Gasteiger partial charge in [0.25, 0.3) is 5.91 Å². The molecule has 2 aromatic rings. The van der Waals surface area contributed by atoms with E-state index in [4.69, 9.17) is 16.3 Å². The second kappa shape index (κ2) is 11.4. The summed E-state index contributed by atoms with van der Waals surface area (Å²) in [7, 11) is 0. The highest BCUT2D eigenvalue weighted by atomic mass is 35.5. The Kier molecular flexibility index (Phi) is 8.93. The van der Waals surface area contributed by atoms with Crippen LogP contribution in [-0.4, -0.2) is 35.9 Å². The first-order valence-electron chi connectivity index (χ1n) is 9.65. The molecule has 0 aromatic heterocycles. The molecule has 0 aliphatic rings. The summed E-state index contributed by atoms with van der Waals surface area (Å²) in [6.45, 7) is 4.08. The maximum atomic E-state index is 13.8. The first kappa shape index (κ1) is 22.7. The molecule has 29 heavy (non-hydrogen) atoms. The van der Waals surface area contributed by atoms with Gasteiger partial charge in [-0.05, 0) is 36.6 Å². The monoisotopic (exact) mass is 420 g/mol. The fourth-order valence-corrected chi connectivity index (χ4v) is 3.08. The van der Waals surface area contributed by atoms with Gasteiger partial charge in [0.05, 0.1) is 0 Å². The van der Waals surface area contributed by atoms with Gasteiger partial charge in [0.2, 0.25) is 5.91 Å². The average Bonchev–Trinajstić information content (AvgIpc) is 2.72. The van der Waals surface area contributed by atoms with E-state index in [-0.39, 0.29) is 24.8 Å². The molecule has 2 amide bonds. The SMILES string of the molecule is CCCNC(=O)C(CC)N(Cc1ccccc1Cl)C(=O)COc1ccccc1F. The Labute approximate surface area is 175 Å². The summed E-state index contributed by atoms with van der Waals surface area (Å²) in [6.07, 6.45) is 1.21. The number of carbonyl (C=O) groups excluding carboxylic acids is 2. The molecule has 0 aliphatic heterocycles. The van der Waals surface area contributed by atoms with E-state index in [1.54, 1.807) is 30.3 Å². The number of hydrogen-bond donors (Lipinski definition) is 1. The minimum atomic E-state index is -0.686. The van der Waals surface area contributed by atoms with Crippen molar-refractivity contribution >= 4 is 23.4 Å².